The number of anilines is 1. The first-order valence-electron chi connectivity index (χ1n) is 4.89. The van der Waals surface area contributed by atoms with Gasteiger partial charge in [0.2, 0.25) is 0 Å². The van der Waals surface area contributed by atoms with Crippen molar-refractivity contribution in [3.8, 4) is 0 Å². The Morgan fingerprint density at radius 3 is 2.71 bits per heavy atom. The van der Waals surface area contributed by atoms with Gasteiger partial charge in [-0.05, 0) is 25.1 Å². The largest absolute Gasteiger partial charge is 0.467 e. The molecule has 4 nitrogen and oxygen atoms in total. The van der Waals surface area contributed by atoms with E-state index in [0.29, 0.717) is 5.69 Å². The summed E-state index contributed by atoms with van der Waals surface area (Å²) in [5, 5.41) is 2.80. The van der Waals surface area contributed by atoms with Gasteiger partial charge < -0.3 is 15.8 Å². The zero-order valence-electron chi connectivity index (χ0n) is 9.49. The zero-order chi connectivity index (χ0) is 13.0. The van der Waals surface area contributed by atoms with Crippen molar-refractivity contribution in [2.75, 3.05) is 12.4 Å². The molecule has 0 fully saturated rings. The van der Waals surface area contributed by atoms with Gasteiger partial charge in [-0.1, -0.05) is 12.2 Å². The molecule has 0 radical (unpaired) electrons. The summed E-state index contributed by atoms with van der Waals surface area (Å²) in [6.07, 6.45) is 0. The monoisotopic (exact) mass is 256 g/mol. The summed E-state index contributed by atoms with van der Waals surface area (Å²) >= 11 is 4.68. The van der Waals surface area contributed by atoms with Gasteiger partial charge in [-0.3, -0.25) is 0 Å². The smallest absolute Gasteiger partial charge is 0.327 e. The lowest BCUT2D eigenvalue weighted by Gasteiger charge is -2.13. The predicted molar refractivity (Wildman–Crippen MR) is 67.4 cm³/mol. The molecule has 1 unspecified atom stereocenters. The number of ether oxygens (including phenoxy) is 1. The first-order chi connectivity index (χ1) is 7.95. The highest BCUT2D eigenvalue weighted by Crippen LogP contribution is 2.15. The van der Waals surface area contributed by atoms with Crippen LogP contribution in [0.15, 0.2) is 18.2 Å². The third-order valence-corrected chi connectivity index (χ3v) is 2.39. The average molecular weight is 256 g/mol. The molecular formula is C11H13FN2O2S. The number of esters is 1. The van der Waals surface area contributed by atoms with Gasteiger partial charge in [0.1, 0.15) is 16.8 Å². The molecule has 3 N–H and O–H groups in total. The van der Waals surface area contributed by atoms with Crippen molar-refractivity contribution < 1.29 is 13.9 Å². The Balaban J connectivity index is 2.84. The molecule has 0 aliphatic carbocycles. The number of hydrogen-bond donors (Lipinski definition) is 2. The van der Waals surface area contributed by atoms with Gasteiger partial charge in [-0.15, -0.1) is 0 Å². The topological polar surface area (TPSA) is 64.3 Å². The highest BCUT2D eigenvalue weighted by Gasteiger charge is 2.13. The summed E-state index contributed by atoms with van der Waals surface area (Å²) < 4.78 is 18.1. The third-order valence-electron chi connectivity index (χ3n) is 2.17. The molecule has 6 heteroatoms. The summed E-state index contributed by atoms with van der Waals surface area (Å²) in [5.41, 5.74) is 5.97. The van der Waals surface area contributed by atoms with Crippen LogP contribution in [0.5, 0.6) is 0 Å². The third kappa shape index (κ3) is 3.39. The Kier molecular flexibility index (Phi) is 4.39. The molecule has 17 heavy (non-hydrogen) atoms. The average Bonchev–Trinajstić information content (AvgIpc) is 2.27. The van der Waals surface area contributed by atoms with E-state index in [1.54, 1.807) is 13.0 Å². The van der Waals surface area contributed by atoms with Crippen LogP contribution in [-0.2, 0) is 9.53 Å². The number of halogens is 1. The van der Waals surface area contributed by atoms with Crippen LogP contribution in [0.4, 0.5) is 10.1 Å². The molecule has 0 aromatic heterocycles. The second-order valence-electron chi connectivity index (χ2n) is 3.45. The Bertz CT molecular complexity index is 451. The number of methoxy groups -OCH3 is 1. The quantitative estimate of drug-likeness (QED) is 0.630. The standard InChI is InChI=1S/C11H13FN2O2S/c1-6(11(15)16-2)14-7-3-4-8(10(13)17)9(12)5-7/h3-6,14H,1-2H3,(H2,13,17). The van der Waals surface area contributed by atoms with Crippen LogP contribution in [0.3, 0.4) is 0 Å². The molecule has 0 amide bonds. The number of carbonyl (C=O) groups excluding carboxylic acids is 1. The van der Waals surface area contributed by atoms with Crippen LogP contribution < -0.4 is 11.1 Å². The molecule has 0 bridgehead atoms. The van der Waals surface area contributed by atoms with Crippen LogP contribution in [-0.4, -0.2) is 24.1 Å². The normalized spacial score (nSPS) is 11.7. The number of nitrogens with two attached hydrogens (primary N) is 1. The molecule has 1 atom stereocenters. The number of benzene rings is 1. The molecule has 1 aromatic rings. The lowest BCUT2D eigenvalue weighted by atomic mass is 10.2. The molecule has 0 heterocycles. The number of nitrogens with one attached hydrogen (secondary N) is 1. The Hall–Kier alpha value is -1.69. The molecule has 0 spiro atoms. The molecule has 0 aliphatic heterocycles. The summed E-state index contributed by atoms with van der Waals surface area (Å²) in [6.45, 7) is 1.62. The molecule has 1 rings (SSSR count). The second kappa shape index (κ2) is 5.58. The van der Waals surface area contributed by atoms with Gasteiger partial charge in [0.15, 0.2) is 0 Å². The Morgan fingerprint density at radius 1 is 1.59 bits per heavy atom. The molecule has 0 aliphatic rings. The first kappa shape index (κ1) is 13.4. The van der Waals surface area contributed by atoms with E-state index in [2.05, 4.69) is 22.3 Å². The van der Waals surface area contributed by atoms with Gasteiger partial charge in [0.25, 0.3) is 0 Å². The zero-order valence-corrected chi connectivity index (χ0v) is 10.3. The van der Waals surface area contributed by atoms with E-state index in [4.69, 9.17) is 5.73 Å². The van der Waals surface area contributed by atoms with Crippen molar-refractivity contribution in [3.63, 3.8) is 0 Å². The summed E-state index contributed by atoms with van der Waals surface area (Å²) in [4.78, 5) is 11.2. The number of carbonyl (C=O) groups is 1. The summed E-state index contributed by atoms with van der Waals surface area (Å²) in [5.74, 6) is -0.955. The van der Waals surface area contributed by atoms with E-state index < -0.39 is 17.8 Å². The van der Waals surface area contributed by atoms with Crippen molar-refractivity contribution in [1.82, 2.24) is 0 Å². The minimum absolute atomic E-state index is 0.00457. The van der Waals surface area contributed by atoms with Crippen LogP contribution in [0.25, 0.3) is 0 Å². The van der Waals surface area contributed by atoms with Gasteiger partial charge >= 0.3 is 5.97 Å². The van der Waals surface area contributed by atoms with Crippen molar-refractivity contribution in [2.45, 2.75) is 13.0 Å². The van der Waals surface area contributed by atoms with E-state index in [-0.39, 0.29) is 10.6 Å². The highest BCUT2D eigenvalue weighted by molar-refractivity contribution is 7.80. The van der Waals surface area contributed by atoms with Gasteiger partial charge in [-0.25, -0.2) is 9.18 Å². The highest BCUT2D eigenvalue weighted by atomic mass is 32.1. The number of thiocarbonyl (C=S) groups is 1. The molecule has 1 aromatic carbocycles. The van der Waals surface area contributed by atoms with E-state index in [0.717, 1.165) is 0 Å². The minimum Gasteiger partial charge on any atom is -0.467 e. The predicted octanol–water partition coefficient (Wildman–Crippen LogP) is 1.43. The molecule has 0 saturated carbocycles. The van der Waals surface area contributed by atoms with E-state index in [1.165, 1.54) is 19.2 Å². The SMILES string of the molecule is COC(=O)C(C)Nc1ccc(C(N)=S)c(F)c1. The van der Waals surface area contributed by atoms with Crippen molar-refractivity contribution in [2.24, 2.45) is 5.73 Å². The van der Waals surface area contributed by atoms with Crippen molar-refractivity contribution in [3.05, 3.63) is 29.6 Å². The van der Waals surface area contributed by atoms with Crippen molar-refractivity contribution >= 4 is 28.9 Å². The maximum absolute atomic E-state index is 13.5. The van der Waals surface area contributed by atoms with E-state index in [9.17, 15) is 9.18 Å². The molecular weight excluding hydrogens is 243 g/mol. The molecule has 92 valence electrons. The van der Waals surface area contributed by atoms with Crippen molar-refractivity contribution in [1.29, 1.82) is 0 Å². The fourth-order valence-electron chi connectivity index (χ4n) is 1.29. The van der Waals surface area contributed by atoms with Crippen LogP contribution in [0.2, 0.25) is 0 Å². The van der Waals surface area contributed by atoms with Crippen LogP contribution >= 0.6 is 12.2 Å². The maximum atomic E-state index is 13.5. The van der Waals surface area contributed by atoms with E-state index in [1.807, 2.05) is 0 Å². The van der Waals surface area contributed by atoms with Gasteiger partial charge in [0, 0.05) is 11.3 Å². The van der Waals surface area contributed by atoms with E-state index >= 15 is 0 Å². The number of rotatable bonds is 4. The Morgan fingerprint density at radius 2 is 2.24 bits per heavy atom. The van der Waals surface area contributed by atoms with Crippen LogP contribution in [0.1, 0.15) is 12.5 Å². The first-order valence-corrected chi connectivity index (χ1v) is 5.30. The lowest BCUT2D eigenvalue weighted by Crippen LogP contribution is -2.27. The van der Waals surface area contributed by atoms with Gasteiger partial charge in [-0.2, -0.15) is 0 Å². The fraction of sp³-hybridized carbons (Fsp3) is 0.273. The summed E-state index contributed by atoms with van der Waals surface area (Å²) in [6, 6.07) is 3.73. The van der Waals surface area contributed by atoms with Gasteiger partial charge in [0.05, 0.1) is 7.11 Å². The second-order valence-corrected chi connectivity index (χ2v) is 3.89. The summed E-state index contributed by atoms with van der Waals surface area (Å²) in [7, 11) is 1.29. The fourth-order valence-corrected chi connectivity index (χ4v) is 1.46. The number of hydrogen-bond acceptors (Lipinski definition) is 4. The maximum Gasteiger partial charge on any atom is 0.327 e. The lowest BCUT2D eigenvalue weighted by molar-refractivity contribution is -0.141. The molecule has 0 saturated heterocycles. The Labute approximate surface area is 104 Å². The van der Waals surface area contributed by atoms with Crippen LogP contribution in [0, 0.1) is 5.82 Å². The minimum atomic E-state index is -0.560.